The second-order valence-electron chi connectivity index (χ2n) is 7.52. The lowest BCUT2D eigenvalue weighted by atomic mass is 10.3. The molecule has 32 heavy (non-hydrogen) atoms. The summed E-state index contributed by atoms with van der Waals surface area (Å²) >= 11 is -1.28. The maximum absolute atomic E-state index is 13.4. The molecule has 1 unspecified atom stereocenters. The summed E-state index contributed by atoms with van der Waals surface area (Å²) in [5.74, 6) is 0.829. The van der Waals surface area contributed by atoms with Crippen molar-refractivity contribution in [1.29, 1.82) is 0 Å². The first-order valence-electron chi connectivity index (χ1n) is 10.0. The zero-order chi connectivity index (χ0) is 22.8. The molecule has 1 saturated carbocycles. The summed E-state index contributed by atoms with van der Waals surface area (Å²) in [5, 5.41) is 3.17. The Labute approximate surface area is 186 Å². The molecule has 3 N–H and O–H groups in total. The van der Waals surface area contributed by atoms with Crippen molar-refractivity contribution in [2.24, 2.45) is 10.1 Å². The molecule has 0 spiro atoms. The lowest BCUT2D eigenvalue weighted by Crippen LogP contribution is -2.07. The summed E-state index contributed by atoms with van der Waals surface area (Å²) in [6, 6.07) is 3.08. The van der Waals surface area contributed by atoms with E-state index in [-0.39, 0.29) is 17.1 Å². The molecule has 9 nitrogen and oxygen atoms in total. The van der Waals surface area contributed by atoms with Gasteiger partial charge in [0.15, 0.2) is 11.6 Å². The van der Waals surface area contributed by atoms with Crippen molar-refractivity contribution in [3.63, 3.8) is 0 Å². The minimum Gasteiger partial charge on any atom is -0.591 e. The summed E-state index contributed by atoms with van der Waals surface area (Å²) in [7, 11) is 0. The van der Waals surface area contributed by atoms with Gasteiger partial charge in [-0.1, -0.05) is 4.40 Å². The molecule has 0 aromatic carbocycles. The second-order valence-corrected chi connectivity index (χ2v) is 8.95. The maximum atomic E-state index is 13.4. The van der Waals surface area contributed by atoms with Crippen LogP contribution in [0.1, 0.15) is 50.8 Å². The van der Waals surface area contributed by atoms with Crippen LogP contribution in [0.15, 0.2) is 35.1 Å². The first kappa shape index (κ1) is 22.1. The molecule has 1 fully saturated rings. The van der Waals surface area contributed by atoms with Gasteiger partial charge < -0.3 is 20.2 Å². The number of aromatic nitrogens is 5. The van der Waals surface area contributed by atoms with E-state index >= 15 is 0 Å². The molecular weight excluding hydrogens is 438 g/mol. The highest BCUT2D eigenvalue weighted by atomic mass is 32.2. The van der Waals surface area contributed by atoms with Gasteiger partial charge in [0.1, 0.15) is 22.4 Å². The number of fused-ring (bicyclic) bond motifs is 1. The summed E-state index contributed by atoms with van der Waals surface area (Å²) in [6.07, 6.45) is 4.81. The average molecular weight is 461 g/mol. The van der Waals surface area contributed by atoms with Gasteiger partial charge in [0.2, 0.25) is 0 Å². The van der Waals surface area contributed by atoms with Crippen molar-refractivity contribution >= 4 is 45.8 Å². The third-order valence-electron chi connectivity index (χ3n) is 4.77. The van der Waals surface area contributed by atoms with Crippen LogP contribution < -0.4 is 11.1 Å². The van der Waals surface area contributed by atoms with E-state index in [0.29, 0.717) is 34.1 Å². The van der Waals surface area contributed by atoms with Crippen LogP contribution in [0.4, 0.5) is 20.4 Å². The normalized spacial score (nSPS) is 15.9. The molecule has 12 heteroatoms. The molecule has 3 aromatic rings. The molecule has 0 aliphatic heterocycles. The highest BCUT2D eigenvalue weighted by molar-refractivity contribution is 7.91. The Morgan fingerprint density at radius 1 is 1.31 bits per heavy atom. The molecule has 0 bridgehead atoms. The van der Waals surface area contributed by atoms with Crippen LogP contribution >= 0.6 is 0 Å². The van der Waals surface area contributed by atoms with Gasteiger partial charge in [0, 0.05) is 37.3 Å². The van der Waals surface area contributed by atoms with Crippen molar-refractivity contribution in [3.8, 4) is 0 Å². The van der Waals surface area contributed by atoms with Crippen molar-refractivity contribution in [2.45, 2.75) is 44.4 Å². The van der Waals surface area contributed by atoms with E-state index in [1.165, 1.54) is 29.4 Å². The molecule has 0 amide bonds. The number of hydrogen-bond donors (Lipinski definition) is 2. The number of nitrogens with one attached hydrogen (secondary N) is 1. The Morgan fingerprint density at radius 2 is 2.09 bits per heavy atom. The summed E-state index contributed by atoms with van der Waals surface area (Å²) in [4.78, 5) is 16.9. The average Bonchev–Trinajstić information content (AvgIpc) is 3.54. The Balaban J connectivity index is 1.59. The number of hydrogen-bond acceptors (Lipinski definition) is 8. The third-order valence-corrected chi connectivity index (χ3v) is 6.12. The van der Waals surface area contributed by atoms with Gasteiger partial charge in [-0.25, -0.2) is 28.7 Å². The van der Waals surface area contributed by atoms with Crippen LogP contribution in [-0.4, -0.2) is 40.5 Å². The highest BCUT2D eigenvalue weighted by Gasteiger charge is 2.35. The number of nitrogens with zero attached hydrogens (tertiary/aromatic N) is 6. The molecule has 0 saturated heterocycles. The van der Waals surface area contributed by atoms with Crippen molar-refractivity contribution in [3.05, 3.63) is 42.4 Å². The quantitative estimate of drug-likeness (QED) is 0.387. The molecule has 0 radical (unpaired) electrons. The number of anilines is 2. The number of alkyl halides is 2. The van der Waals surface area contributed by atoms with Crippen molar-refractivity contribution < 1.29 is 13.3 Å². The van der Waals surface area contributed by atoms with Gasteiger partial charge >= 0.3 is 0 Å². The predicted octanol–water partition coefficient (Wildman–Crippen LogP) is 3.68. The number of halogens is 2. The SMILES string of the molecule is CC(C)n1c(C(F)F)nc2cnc(Nc3ccnc(C(C=N[S+]([O-])C4CC4)=CN)n3)cc21. The molecule has 4 rings (SSSR count). The lowest BCUT2D eigenvalue weighted by Gasteiger charge is -2.13. The zero-order valence-corrected chi connectivity index (χ0v) is 18.3. The standard InChI is InChI=1S/C20H22F2N8OS/c1-11(2)30-15-7-17(25-10-14(15)27-20(30)18(21)22)28-16-5-6-24-19(29-16)12(8-23)9-26-32(31)13-3-4-13/h5-11,13,18H,3-4,23H2,1-2H3,(H,24,25,28,29). The van der Waals surface area contributed by atoms with Crippen LogP contribution in [-0.2, 0) is 11.4 Å². The van der Waals surface area contributed by atoms with E-state index in [0.717, 1.165) is 12.8 Å². The Kier molecular flexibility index (Phi) is 6.33. The molecule has 1 atom stereocenters. The fourth-order valence-electron chi connectivity index (χ4n) is 3.12. The smallest absolute Gasteiger partial charge is 0.295 e. The number of rotatable bonds is 8. The molecule has 1 aliphatic rings. The van der Waals surface area contributed by atoms with Crippen molar-refractivity contribution in [1.82, 2.24) is 24.5 Å². The zero-order valence-electron chi connectivity index (χ0n) is 17.4. The van der Waals surface area contributed by atoms with E-state index in [4.69, 9.17) is 5.73 Å². The van der Waals surface area contributed by atoms with Crippen LogP contribution in [0.3, 0.4) is 0 Å². The highest BCUT2D eigenvalue weighted by Crippen LogP contribution is 2.30. The van der Waals surface area contributed by atoms with Crippen LogP contribution in [0, 0.1) is 0 Å². The summed E-state index contributed by atoms with van der Waals surface area (Å²) < 4.78 is 44.3. The Hall–Kier alpha value is -3.12. The maximum Gasteiger partial charge on any atom is 0.295 e. The monoisotopic (exact) mass is 460 g/mol. The first-order chi connectivity index (χ1) is 15.4. The largest absolute Gasteiger partial charge is 0.591 e. The van der Waals surface area contributed by atoms with E-state index in [1.54, 1.807) is 12.1 Å². The number of allylic oxidation sites excluding steroid dienone is 1. The van der Waals surface area contributed by atoms with Gasteiger partial charge in [-0.05, 0) is 19.9 Å². The number of imidazole rings is 1. The molecule has 3 heterocycles. The molecule has 168 valence electrons. The van der Waals surface area contributed by atoms with Gasteiger partial charge in [0.25, 0.3) is 6.43 Å². The number of nitrogens with two attached hydrogens (primary N) is 1. The summed E-state index contributed by atoms with van der Waals surface area (Å²) in [5.41, 5.74) is 7.03. The third kappa shape index (κ3) is 4.70. The minimum absolute atomic E-state index is 0.116. The van der Waals surface area contributed by atoms with Gasteiger partial charge in [0.05, 0.1) is 34.9 Å². The molecule has 1 aliphatic carbocycles. The second kappa shape index (κ2) is 9.17. The Morgan fingerprint density at radius 3 is 2.75 bits per heavy atom. The fourth-order valence-corrected chi connectivity index (χ4v) is 4.05. The van der Waals surface area contributed by atoms with E-state index in [9.17, 15) is 13.3 Å². The molecule has 3 aromatic heterocycles. The van der Waals surface area contributed by atoms with Crippen LogP contribution in [0.2, 0.25) is 0 Å². The van der Waals surface area contributed by atoms with Gasteiger partial charge in [-0.3, -0.25) is 0 Å². The van der Waals surface area contributed by atoms with Gasteiger partial charge in [-0.2, -0.15) is 0 Å². The van der Waals surface area contributed by atoms with E-state index in [2.05, 4.69) is 29.7 Å². The number of pyridine rings is 1. The van der Waals surface area contributed by atoms with Crippen molar-refractivity contribution in [2.75, 3.05) is 5.32 Å². The van der Waals surface area contributed by atoms with E-state index < -0.39 is 17.8 Å². The predicted molar refractivity (Wildman–Crippen MR) is 120 cm³/mol. The topological polar surface area (TPSA) is 130 Å². The van der Waals surface area contributed by atoms with Gasteiger partial charge in [-0.15, -0.1) is 0 Å². The first-order valence-corrected chi connectivity index (χ1v) is 11.2. The lowest BCUT2D eigenvalue weighted by molar-refractivity contribution is 0.134. The Bertz CT molecular complexity index is 1180. The van der Waals surface area contributed by atoms with Crippen LogP contribution in [0.5, 0.6) is 0 Å². The molecular formula is C20H22F2N8OS. The van der Waals surface area contributed by atoms with Crippen LogP contribution in [0.25, 0.3) is 16.6 Å². The van der Waals surface area contributed by atoms with E-state index in [1.807, 2.05) is 13.8 Å². The minimum atomic E-state index is -2.69. The fraction of sp³-hybridized carbons (Fsp3) is 0.350. The summed E-state index contributed by atoms with van der Waals surface area (Å²) in [6.45, 7) is 3.63.